The lowest BCUT2D eigenvalue weighted by molar-refractivity contribution is 0.0601. The second-order valence-electron chi connectivity index (χ2n) is 5.76. The molecule has 25 heavy (non-hydrogen) atoms. The summed E-state index contributed by atoms with van der Waals surface area (Å²) in [6.07, 6.45) is 3.13. The number of anilines is 1. The molecule has 5 nitrogen and oxygen atoms in total. The second kappa shape index (κ2) is 8.16. The third-order valence-electron chi connectivity index (χ3n) is 4.05. The summed E-state index contributed by atoms with van der Waals surface area (Å²) in [6, 6.07) is 13.2. The van der Waals surface area contributed by atoms with E-state index in [0.717, 1.165) is 24.8 Å². The number of unbranched alkanes of at least 4 members (excludes halogenated alkanes) is 1. The zero-order valence-corrected chi connectivity index (χ0v) is 15.5. The van der Waals surface area contributed by atoms with Gasteiger partial charge in [-0.3, -0.25) is 4.31 Å². The number of hydrogen-bond acceptors (Lipinski definition) is 4. The van der Waals surface area contributed by atoms with Crippen molar-refractivity contribution in [3.63, 3.8) is 0 Å². The highest BCUT2D eigenvalue weighted by Crippen LogP contribution is 2.23. The molecular weight excluding hydrogens is 338 g/mol. The van der Waals surface area contributed by atoms with Crippen LogP contribution in [0.5, 0.6) is 0 Å². The van der Waals surface area contributed by atoms with E-state index in [2.05, 4.69) is 11.7 Å². The summed E-state index contributed by atoms with van der Waals surface area (Å²) in [5, 5.41) is 0. The zero-order chi connectivity index (χ0) is 18.4. The summed E-state index contributed by atoms with van der Waals surface area (Å²) < 4.78 is 31.4. The Bertz CT molecular complexity index is 812. The van der Waals surface area contributed by atoms with Crippen molar-refractivity contribution in [2.24, 2.45) is 0 Å². The van der Waals surface area contributed by atoms with Gasteiger partial charge in [-0.15, -0.1) is 0 Å². The van der Waals surface area contributed by atoms with E-state index in [1.165, 1.54) is 18.5 Å². The van der Waals surface area contributed by atoms with Gasteiger partial charge in [0.1, 0.15) is 0 Å². The number of esters is 1. The normalized spacial score (nSPS) is 11.2. The molecule has 0 unspecified atom stereocenters. The minimum Gasteiger partial charge on any atom is -0.465 e. The van der Waals surface area contributed by atoms with Gasteiger partial charge in [-0.1, -0.05) is 25.5 Å². The van der Waals surface area contributed by atoms with Gasteiger partial charge >= 0.3 is 5.97 Å². The van der Waals surface area contributed by atoms with Gasteiger partial charge < -0.3 is 4.74 Å². The monoisotopic (exact) mass is 361 g/mol. The molecule has 0 spiro atoms. The van der Waals surface area contributed by atoms with Crippen molar-refractivity contribution in [1.82, 2.24) is 0 Å². The van der Waals surface area contributed by atoms with Crippen LogP contribution in [-0.4, -0.2) is 28.5 Å². The number of benzene rings is 2. The van der Waals surface area contributed by atoms with E-state index in [-0.39, 0.29) is 4.90 Å². The van der Waals surface area contributed by atoms with Crippen LogP contribution < -0.4 is 4.31 Å². The molecule has 0 N–H and O–H groups in total. The average molecular weight is 361 g/mol. The van der Waals surface area contributed by atoms with Crippen molar-refractivity contribution in [3.05, 3.63) is 59.7 Å². The van der Waals surface area contributed by atoms with Crippen LogP contribution in [0.4, 0.5) is 5.69 Å². The van der Waals surface area contributed by atoms with E-state index in [0.29, 0.717) is 11.3 Å². The fraction of sp³-hybridized carbons (Fsp3) is 0.316. The molecule has 0 aromatic heterocycles. The van der Waals surface area contributed by atoms with E-state index in [4.69, 9.17) is 0 Å². The van der Waals surface area contributed by atoms with Crippen LogP contribution in [0, 0.1) is 0 Å². The lowest BCUT2D eigenvalue weighted by Gasteiger charge is -2.20. The number of sulfonamides is 1. The van der Waals surface area contributed by atoms with Gasteiger partial charge in [-0.2, -0.15) is 0 Å². The van der Waals surface area contributed by atoms with Crippen molar-refractivity contribution >= 4 is 21.7 Å². The summed E-state index contributed by atoms with van der Waals surface area (Å²) in [4.78, 5) is 11.7. The Morgan fingerprint density at radius 2 is 1.64 bits per heavy atom. The Morgan fingerprint density at radius 1 is 1.04 bits per heavy atom. The predicted octanol–water partition coefficient (Wildman–Crippen LogP) is 3.64. The van der Waals surface area contributed by atoms with Crippen LogP contribution in [0.2, 0.25) is 0 Å². The fourth-order valence-corrected chi connectivity index (χ4v) is 3.63. The van der Waals surface area contributed by atoms with Gasteiger partial charge in [-0.05, 0) is 54.8 Å². The van der Waals surface area contributed by atoms with Gasteiger partial charge in [0, 0.05) is 7.05 Å². The highest BCUT2D eigenvalue weighted by atomic mass is 32.2. The number of nitrogens with zero attached hydrogens (tertiary/aromatic N) is 1. The number of aryl methyl sites for hydroxylation is 1. The third kappa shape index (κ3) is 4.39. The maximum Gasteiger partial charge on any atom is 0.337 e. The van der Waals surface area contributed by atoms with E-state index < -0.39 is 16.0 Å². The lowest BCUT2D eigenvalue weighted by atomic mass is 10.1. The Labute approximate surface area is 149 Å². The smallest absolute Gasteiger partial charge is 0.337 e. The largest absolute Gasteiger partial charge is 0.465 e. The van der Waals surface area contributed by atoms with Gasteiger partial charge in [-0.25, -0.2) is 13.2 Å². The molecule has 0 saturated carbocycles. The first-order chi connectivity index (χ1) is 11.9. The molecule has 2 rings (SSSR count). The van der Waals surface area contributed by atoms with E-state index >= 15 is 0 Å². The number of ether oxygens (including phenoxy) is 1. The van der Waals surface area contributed by atoms with Crippen LogP contribution >= 0.6 is 0 Å². The van der Waals surface area contributed by atoms with Crippen LogP contribution in [0.3, 0.4) is 0 Å². The van der Waals surface area contributed by atoms with Crippen molar-refractivity contribution in [1.29, 1.82) is 0 Å². The highest BCUT2D eigenvalue weighted by molar-refractivity contribution is 7.92. The van der Waals surface area contributed by atoms with Gasteiger partial charge in [0.2, 0.25) is 0 Å². The van der Waals surface area contributed by atoms with Crippen LogP contribution in [-0.2, 0) is 21.2 Å². The number of methoxy groups -OCH3 is 1. The summed E-state index contributed by atoms with van der Waals surface area (Å²) in [5.41, 5.74) is 1.98. The Hall–Kier alpha value is -2.34. The molecule has 0 amide bonds. The Balaban J connectivity index is 2.21. The average Bonchev–Trinajstić information content (AvgIpc) is 2.65. The summed E-state index contributed by atoms with van der Waals surface area (Å²) >= 11 is 0. The molecule has 0 heterocycles. The molecule has 134 valence electrons. The van der Waals surface area contributed by atoms with E-state index in [9.17, 15) is 13.2 Å². The van der Waals surface area contributed by atoms with Crippen molar-refractivity contribution < 1.29 is 17.9 Å². The van der Waals surface area contributed by atoms with Gasteiger partial charge in [0.15, 0.2) is 0 Å². The van der Waals surface area contributed by atoms with E-state index in [1.807, 2.05) is 12.1 Å². The molecule has 0 aliphatic carbocycles. The van der Waals surface area contributed by atoms with Crippen LogP contribution in [0.1, 0.15) is 35.7 Å². The third-order valence-corrected chi connectivity index (χ3v) is 5.85. The molecule has 2 aromatic rings. The quantitative estimate of drug-likeness (QED) is 0.706. The zero-order valence-electron chi connectivity index (χ0n) is 14.7. The standard InChI is InChI=1S/C19H23NO4S/c1-4-5-6-15-7-13-18(14-8-15)25(22,23)20(2)17-11-9-16(10-12-17)19(21)24-3/h7-14H,4-6H2,1-3H3. The predicted molar refractivity (Wildman–Crippen MR) is 98.4 cm³/mol. The van der Waals surface area contributed by atoms with E-state index in [1.54, 1.807) is 36.4 Å². The number of rotatable bonds is 7. The first kappa shape index (κ1) is 19.0. The molecule has 0 aliphatic rings. The minimum absolute atomic E-state index is 0.243. The second-order valence-corrected chi connectivity index (χ2v) is 7.73. The highest BCUT2D eigenvalue weighted by Gasteiger charge is 2.21. The minimum atomic E-state index is -3.65. The molecule has 6 heteroatoms. The Morgan fingerprint density at radius 3 is 2.16 bits per heavy atom. The molecule has 0 bridgehead atoms. The Kier molecular flexibility index (Phi) is 6.20. The number of carbonyl (C=O) groups excluding carboxylic acids is 1. The maximum absolute atomic E-state index is 12.8. The maximum atomic E-state index is 12.8. The van der Waals surface area contributed by atoms with Crippen molar-refractivity contribution in [2.45, 2.75) is 31.1 Å². The van der Waals surface area contributed by atoms with Crippen molar-refractivity contribution in [3.8, 4) is 0 Å². The summed E-state index contributed by atoms with van der Waals surface area (Å²) in [6.45, 7) is 2.12. The molecular formula is C19H23NO4S. The molecule has 0 aliphatic heterocycles. The molecule has 0 radical (unpaired) electrons. The first-order valence-electron chi connectivity index (χ1n) is 8.16. The van der Waals surface area contributed by atoms with Crippen LogP contribution in [0.25, 0.3) is 0 Å². The lowest BCUT2D eigenvalue weighted by Crippen LogP contribution is -2.26. The first-order valence-corrected chi connectivity index (χ1v) is 9.60. The number of carbonyl (C=O) groups is 1. The van der Waals surface area contributed by atoms with Crippen LogP contribution in [0.15, 0.2) is 53.4 Å². The molecule has 0 fully saturated rings. The van der Waals surface area contributed by atoms with Gasteiger partial charge in [0.25, 0.3) is 10.0 Å². The summed E-state index contributed by atoms with van der Waals surface area (Å²) in [7, 11) is -0.855. The summed E-state index contributed by atoms with van der Waals surface area (Å²) in [5.74, 6) is -0.459. The fourth-order valence-electron chi connectivity index (χ4n) is 2.43. The topological polar surface area (TPSA) is 63.7 Å². The molecule has 0 atom stereocenters. The van der Waals surface area contributed by atoms with Gasteiger partial charge in [0.05, 0.1) is 23.3 Å². The van der Waals surface area contributed by atoms with Crippen molar-refractivity contribution in [2.75, 3.05) is 18.5 Å². The SMILES string of the molecule is CCCCc1ccc(S(=O)(=O)N(C)c2ccc(C(=O)OC)cc2)cc1. The molecule has 2 aromatic carbocycles. The molecule has 0 saturated heterocycles. The number of hydrogen-bond donors (Lipinski definition) is 0.